The summed E-state index contributed by atoms with van der Waals surface area (Å²) in [6.07, 6.45) is -5.02. The molecule has 0 aliphatic rings. The van der Waals surface area contributed by atoms with Crippen LogP contribution in [0.15, 0.2) is 47.3 Å². The van der Waals surface area contributed by atoms with E-state index in [0.29, 0.717) is 4.68 Å². The summed E-state index contributed by atoms with van der Waals surface area (Å²) in [5.41, 5.74) is 0.585. The number of amides is 1. The van der Waals surface area contributed by atoms with E-state index in [0.717, 1.165) is 18.2 Å². The van der Waals surface area contributed by atoms with Crippen molar-refractivity contribution < 1.29 is 27.3 Å². The van der Waals surface area contributed by atoms with Crippen molar-refractivity contribution in [2.75, 3.05) is 0 Å². The van der Waals surface area contributed by atoms with E-state index in [1.807, 2.05) is 0 Å². The Bertz CT molecular complexity index is 1340. The highest BCUT2D eigenvalue weighted by Gasteiger charge is 2.37. The summed E-state index contributed by atoms with van der Waals surface area (Å²) in [5, 5.41) is 14.1. The third kappa shape index (κ3) is 4.55. The van der Waals surface area contributed by atoms with Gasteiger partial charge >= 0.3 is 6.18 Å². The molecule has 0 fully saturated rings. The summed E-state index contributed by atoms with van der Waals surface area (Å²) < 4.78 is 54.9. The molecule has 33 heavy (non-hydrogen) atoms. The second-order valence-corrected chi connectivity index (χ2v) is 7.27. The van der Waals surface area contributed by atoms with Crippen molar-refractivity contribution in [3.05, 3.63) is 96.2 Å². The summed E-state index contributed by atoms with van der Waals surface area (Å²) in [7, 11) is 0. The van der Waals surface area contributed by atoms with Crippen LogP contribution in [-0.4, -0.2) is 20.6 Å². The quantitative estimate of drug-likeness (QED) is 0.330. The third-order valence-corrected chi connectivity index (χ3v) is 5.23. The maximum Gasteiger partial charge on any atom is 0.418 e. The first-order valence-electron chi connectivity index (χ1n) is 9.07. The van der Waals surface area contributed by atoms with Gasteiger partial charge in [-0.1, -0.05) is 30.7 Å². The van der Waals surface area contributed by atoms with Gasteiger partial charge in [0, 0.05) is 24.1 Å². The van der Waals surface area contributed by atoms with Gasteiger partial charge in [-0.15, -0.1) is 0 Å². The standard InChI is InChI=1S/C20H13ClF4N4O4/c1-9(11-6-10(29(32)33)7-13(17(11)21)20(23,24)25)12-8-16(30)28(27-18(12)19(26)31)15-5-3-2-4-14(15)22/h2-9H,1H3,(H2,26,31)/t9-/m0/s1. The fourth-order valence-electron chi connectivity index (χ4n) is 3.21. The highest BCUT2D eigenvalue weighted by atomic mass is 35.5. The first kappa shape index (κ1) is 23.9. The van der Waals surface area contributed by atoms with Gasteiger partial charge in [0.05, 0.1) is 15.5 Å². The van der Waals surface area contributed by atoms with Gasteiger partial charge in [-0.05, 0) is 23.3 Å². The van der Waals surface area contributed by atoms with Gasteiger partial charge in [-0.2, -0.15) is 23.0 Å². The number of hydrogen-bond donors (Lipinski definition) is 1. The van der Waals surface area contributed by atoms with Crippen molar-refractivity contribution in [2.24, 2.45) is 5.73 Å². The minimum atomic E-state index is -5.02. The lowest BCUT2D eigenvalue weighted by Gasteiger charge is -2.19. The minimum Gasteiger partial charge on any atom is -0.364 e. The second-order valence-electron chi connectivity index (χ2n) is 6.89. The van der Waals surface area contributed by atoms with E-state index < -0.39 is 56.3 Å². The van der Waals surface area contributed by atoms with E-state index in [9.17, 15) is 37.3 Å². The van der Waals surface area contributed by atoms with Gasteiger partial charge in [0.15, 0.2) is 5.69 Å². The molecule has 1 aromatic heterocycles. The predicted molar refractivity (Wildman–Crippen MR) is 109 cm³/mol. The lowest BCUT2D eigenvalue weighted by atomic mass is 9.90. The number of carbonyl (C=O) groups is 1. The topological polar surface area (TPSA) is 121 Å². The van der Waals surface area contributed by atoms with Crippen molar-refractivity contribution in [2.45, 2.75) is 19.0 Å². The van der Waals surface area contributed by atoms with E-state index in [-0.39, 0.29) is 22.9 Å². The Morgan fingerprint density at radius 2 is 1.85 bits per heavy atom. The molecule has 2 N–H and O–H groups in total. The summed E-state index contributed by atoms with van der Waals surface area (Å²) in [5.74, 6) is -3.25. The van der Waals surface area contributed by atoms with Crippen LogP contribution in [0, 0.1) is 15.9 Å². The van der Waals surface area contributed by atoms with Crippen LogP contribution in [0.3, 0.4) is 0 Å². The molecule has 2 aromatic carbocycles. The first-order chi connectivity index (χ1) is 15.3. The van der Waals surface area contributed by atoms with Crippen LogP contribution in [0.25, 0.3) is 5.69 Å². The van der Waals surface area contributed by atoms with E-state index in [4.69, 9.17) is 17.3 Å². The lowest BCUT2D eigenvalue weighted by Crippen LogP contribution is -2.29. The van der Waals surface area contributed by atoms with E-state index in [2.05, 4.69) is 5.10 Å². The van der Waals surface area contributed by atoms with Gasteiger partial charge in [-0.3, -0.25) is 19.7 Å². The number of carbonyl (C=O) groups excluding carboxylic acids is 1. The zero-order valence-corrected chi connectivity index (χ0v) is 17.3. The molecule has 8 nitrogen and oxygen atoms in total. The highest BCUT2D eigenvalue weighted by Crippen LogP contribution is 2.42. The average Bonchev–Trinajstić information content (AvgIpc) is 2.72. The molecule has 1 atom stereocenters. The zero-order valence-electron chi connectivity index (χ0n) is 16.6. The maximum absolute atomic E-state index is 14.1. The van der Waals surface area contributed by atoms with E-state index in [1.165, 1.54) is 25.1 Å². The summed E-state index contributed by atoms with van der Waals surface area (Å²) >= 11 is 5.92. The molecule has 0 spiro atoms. The molecule has 3 aromatic rings. The van der Waals surface area contributed by atoms with Gasteiger partial charge in [0.1, 0.15) is 11.5 Å². The predicted octanol–water partition coefficient (Wildman–Crippen LogP) is 4.20. The monoisotopic (exact) mass is 484 g/mol. The zero-order chi connectivity index (χ0) is 24.7. The Hall–Kier alpha value is -3.80. The van der Waals surface area contributed by atoms with Crippen LogP contribution in [0.2, 0.25) is 5.02 Å². The number of halogens is 5. The third-order valence-electron chi connectivity index (χ3n) is 4.81. The molecular weight excluding hydrogens is 472 g/mol. The van der Waals surface area contributed by atoms with Crippen molar-refractivity contribution in [3.8, 4) is 5.69 Å². The van der Waals surface area contributed by atoms with Crippen LogP contribution >= 0.6 is 11.6 Å². The number of nitro benzene ring substituents is 1. The summed E-state index contributed by atoms with van der Waals surface area (Å²) in [4.78, 5) is 34.9. The molecule has 0 unspecified atom stereocenters. The normalized spacial score (nSPS) is 12.4. The molecule has 3 rings (SSSR count). The number of alkyl halides is 3. The number of nitro groups is 1. The molecular formula is C20H13ClF4N4O4. The number of para-hydroxylation sites is 1. The Morgan fingerprint density at radius 3 is 2.39 bits per heavy atom. The molecule has 13 heteroatoms. The molecule has 0 aliphatic heterocycles. The molecule has 0 saturated heterocycles. The van der Waals surface area contributed by atoms with Crippen LogP contribution in [0.5, 0.6) is 0 Å². The minimum absolute atomic E-state index is 0.240. The van der Waals surface area contributed by atoms with E-state index in [1.54, 1.807) is 0 Å². The fourth-order valence-corrected chi connectivity index (χ4v) is 3.59. The maximum atomic E-state index is 14.1. The van der Waals surface area contributed by atoms with Crippen molar-refractivity contribution in [1.29, 1.82) is 0 Å². The molecule has 0 aliphatic carbocycles. The summed E-state index contributed by atoms with van der Waals surface area (Å²) in [6.45, 7) is 1.27. The molecule has 172 valence electrons. The van der Waals surface area contributed by atoms with E-state index >= 15 is 0 Å². The number of nitrogens with zero attached hydrogens (tertiary/aromatic N) is 3. The highest BCUT2D eigenvalue weighted by molar-refractivity contribution is 6.32. The second kappa shape index (κ2) is 8.62. The Kier molecular flexibility index (Phi) is 6.23. The van der Waals surface area contributed by atoms with Crippen molar-refractivity contribution >= 4 is 23.2 Å². The molecule has 0 bridgehead atoms. The molecule has 1 amide bonds. The van der Waals surface area contributed by atoms with Crippen LogP contribution in [-0.2, 0) is 6.18 Å². The van der Waals surface area contributed by atoms with Crippen LogP contribution in [0.1, 0.15) is 40.0 Å². The molecule has 0 radical (unpaired) electrons. The fraction of sp³-hybridized carbons (Fsp3) is 0.150. The van der Waals surface area contributed by atoms with Gasteiger partial charge in [0.2, 0.25) is 0 Å². The SMILES string of the molecule is C[C@H](c1cc(=O)n(-c2ccccc2F)nc1C(N)=O)c1cc([N+](=O)[O-])cc(C(F)(F)F)c1Cl. The number of primary amides is 1. The summed E-state index contributed by atoms with van der Waals surface area (Å²) in [6, 6.07) is 6.95. The Morgan fingerprint density at radius 1 is 1.21 bits per heavy atom. The molecule has 1 heterocycles. The Labute approximate surface area is 187 Å². The number of aromatic nitrogens is 2. The van der Waals surface area contributed by atoms with Crippen molar-refractivity contribution in [3.63, 3.8) is 0 Å². The van der Waals surface area contributed by atoms with Gasteiger partial charge in [-0.25, -0.2) is 4.39 Å². The lowest BCUT2D eigenvalue weighted by molar-refractivity contribution is -0.385. The number of rotatable bonds is 5. The average molecular weight is 485 g/mol. The smallest absolute Gasteiger partial charge is 0.364 e. The molecule has 0 saturated carbocycles. The van der Waals surface area contributed by atoms with Gasteiger partial charge in [0.25, 0.3) is 17.2 Å². The van der Waals surface area contributed by atoms with Crippen LogP contribution < -0.4 is 11.3 Å². The number of nitrogens with two attached hydrogens (primary N) is 1. The Balaban J connectivity index is 2.28. The number of hydrogen-bond acceptors (Lipinski definition) is 5. The number of non-ortho nitro benzene ring substituents is 1. The van der Waals surface area contributed by atoms with Crippen molar-refractivity contribution in [1.82, 2.24) is 9.78 Å². The van der Waals surface area contributed by atoms with Gasteiger partial charge < -0.3 is 5.73 Å². The number of benzene rings is 2. The van der Waals surface area contributed by atoms with Crippen LogP contribution in [0.4, 0.5) is 23.2 Å². The largest absolute Gasteiger partial charge is 0.418 e. The first-order valence-corrected chi connectivity index (χ1v) is 9.44.